The van der Waals surface area contributed by atoms with Gasteiger partial charge in [-0.3, -0.25) is 0 Å². The zero-order chi connectivity index (χ0) is 13.0. The van der Waals surface area contributed by atoms with Gasteiger partial charge < -0.3 is 9.88 Å². The summed E-state index contributed by atoms with van der Waals surface area (Å²) in [5, 5.41) is 3.30. The highest BCUT2D eigenvalue weighted by atomic mass is 32.2. The fourth-order valence-electron chi connectivity index (χ4n) is 1.84. The van der Waals surface area contributed by atoms with Gasteiger partial charge in [0.1, 0.15) is 0 Å². The zero-order valence-electron chi connectivity index (χ0n) is 10.4. The van der Waals surface area contributed by atoms with Gasteiger partial charge in [0.2, 0.25) is 0 Å². The zero-order valence-corrected chi connectivity index (χ0v) is 11.2. The van der Waals surface area contributed by atoms with Crippen LogP contribution < -0.4 is 10.0 Å². The molecule has 0 atom stereocenters. The first-order valence-corrected chi connectivity index (χ1v) is 7.42. The molecule has 1 aromatic rings. The number of imidazole rings is 1. The molecule has 2 N–H and O–H groups in total. The molecule has 6 nitrogen and oxygen atoms in total. The van der Waals surface area contributed by atoms with E-state index in [1.165, 1.54) is 18.1 Å². The summed E-state index contributed by atoms with van der Waals surface area (Å²) in [7, 11) is -1.72. The molecule has 2 rings (SSSR count). The number of hydrogen-bond acceptors (Lipinski definition) is 4. The Morgan fingerprint density at radius 2 is 2.39 bits per heavy atom. The van der Waals surface area contributed by atoms with Crippen molar-refractivity contribution >= 4 is 10.0 Å². The monoisotopic (exact) mass is 270 g/mol. The maximum absolute atomic E-state index is 11.9. The van der Waals surface area contributed by atoms with Crippen LogP contribution in [0.15, 0.2) is 29.2 Å². The number of nitrogens with zero attached hydrogens (tertiary/aromatic N) is 2. The van der Waals surface area contributed by atoms with Gasteiger partial charge in [-0.15, -0.1) is 0 Å². The molecule has 0 unspecified atom stereocenters. The largest absolute Gasteiger partial charge is 0.339 e. The molecule has 7 heteroatoms. The summed E-state index contributed by atoms with van der Waals surface area (Å²) in [5.74, 6) is 0. The first kappa shape index (κ1) is 13.3. The van der Waals surface area contributed by atoms with Gasteiger partial charge in [0, 0.05) is 26.3 Å². The highest BCUT2D eigenvalue weighted by molar-refractivity contribution is 7.89. The highest BCUT2D eigenvalue weighted by Gasteiger charge is 2.16. The maximum atomic E-state index is 11.9. The summed E-state index contributed by atoms with van der Waals surface area (Å²) in [6, 6.07) is 0. The smallest absolute Gasteiger partial charge is 0.259 e. The molecule has 0 amide bonds. The number of nitrogens with one attached hydrogen (secondary N) is 2. The third-order valence-electron chi connectivity index (χ3n) is 2.85. The van der Waals surface area contributed by atoms with E-state index in [-0.39, 0.29) is 5.03 Å². The van der Waals surface area contributed by atoms with Crippen LogP contribution in [0.2, 0.25) is 0 Å². The topological polar surface area (TPSA) is 76.0 Å². The average molecular weight is 270 g/mol. The van der Waals surface area contributed by atoms with Crippen molar-refractivity contribution in [1.82, 2.24) is 19.6 Å². The van der Waals surface area contributed by atoms with E-state index in [0.717, 1.165) is 25.9 Å². The van der Waals surface area contributed by atoms with Gasteiger partial charge in [-0.1, -0.05) is 11.6 Å². The molecular weight excluding hydrogens is 252 g/mol. The fourth-order valence-corrected chi connectivity index (χ4v) is 2.85. The van der Waals surface area contributed by atoms with E-state index >= 15 is 0 Å². The average Bonchev–Trinajstić information content (AvgIpc) is 2.78. The normalized spacial score (nSPS) is 16.6. The molecule has 0 fully saturated rings. The summed E-state index contributed by atoms with van der Waals surface area (Å²) in [6.45, 7) is 2.27. The lowest BCUT2D eigenvalue weighted by atomic mass is 10.1. The Morgan fingerprint density at radius 1 is 1.56 bits per heavy atom. The predicted octanol–water partition coefficient (Wildman–Crippen LogP) is 0.00820. The van der Waals surface area contributed by atoms with Crippen molar-refractivity contribution in [2.75, 3.05) is 19.6 Å². The molecule has 0 saturated carbocycles. The summed E-state index contributed by atoms with van der Waals surface area (Å²) in [5.41, 5.74) is 1.30. The van der Waals surface area contributed by atoms with Gasteiger partial charge in [0.15, 0.2) is 5.03 Å². The molecule has 0 spiro atoms. The molecule has 100 valence electrons. The van der Waals surface area contributed by atoms with Crippen LogP contribution in [0.3, 0.4) is 0 Å². The SMILES string of the molecule is Cn1cnc(S(=O)(=O)NCCC2=CCNCC2)c1. The predicted molar refractivity (Wildman–Crippen MR) is 68.6 cm³/mol. The fraction of sp³-hybridized carbons (Fsp3) is 0.545. The van der Waals surface area contributed by atoms with Crippen LogP contribution in [-0.4, -0.2) is 37.6 Å². The van der Waals surface area contributed by atoms with E-state index < -0.39 is 10.0 Å². The standard InChI is InChI=1S/C11H18N4O2S/c1-15-8-11(13-9-15)18(16,17)14-7-4-10-2-5-12-6-3-10/h2,8-9,12,14H,3-7H2,1H3. The molecule has 18 heavy (non-hydrogen) atoms. The van der Waals surface area contributed by atoms with E-state index in [1.807, 2.05) is 0 Å². The van der Waals surface area contributed by atoms with Crippen molar-refractivity contribution in [2.45, 2.75) is 17.9 Å². The number of hydrogen-bond donors (Lipinski definition) is 2. The Hall–Kier alpha value is -1.18. The molecular formula is C11H18N4O2S. The molecule has 1 aliphatic heterocycles. The second-order valence-electron chi connectivity index (χ2n) is 4.34. The quantitative estimate of drug-likeness (QED) is 0.739. The van der Waals surface area contributed by atoms with Crippen molar-refractivity contribution in [1.29, 1.82) is 0 Å². The Balaban J connectivity index is 1.87. The van der Waals surface area contributed by atoms with Gasteiger partial charge in [0.25, 0.3) is 10.0 Å². The molecule has 0 radical (unpaired) electrons. The molecule has 1 aromatic heterocycles. The van der Waals surface area contributed by atoms with Crippen LogP contribution >= 0.6 is 0 Å². The molecule has 0 bridgehead atoms. The second kappa shape index (κ2) is 5.64. The van der Waals surface area contributed by atoms with Crippen molar-refractivity contribution in [2.24, 2.45) is 7.05 Å². The molecule has 0 aliphatic carbocycles. The van der Waals surface area contributed by atoms with Crippen LogP contribution in [0.1, 0.15) is 12.8 Å². The Bertz CT molecular complexity index is 533. The van der Waals surface area contributed by atoms with Crippen molar-refractivity contribution in [3.8, 4) is 0 Å². The number of sulfonamides is 1. The molecule has 0 aromatic carbocycles. The van der Waals surface area contributed by atoms with E-state index in [2.05, 4.69) is 21.1 Å². The Kier molecular flexibility index (Phi) is 4.15. The summed E-state index contributed by atoms with van der Waals surface area (Å²) in [4.78, 5) is 3.84. The number of aryl methyl sites for hydroxylation is 1. The van der Waals surface area contributed by atoms with Gasteiger partial charge in [-0.2, -0.15) is 0 Å². The third-order valence-corrected chi connectivity index (χ3v) is 4.20. The van der Waals surface area contributed by atoms with Crippen molar-refractivity contribution < 1.29 is 8.42 Å². The molecule has 0 saturated heterocycles. The second-order valence-corrected chi connectivity index (χ2v) is 6.06. The van der Waals surface area contributed by atoms with Crippen LogP contribution in [0, 0.1) is 0 Å². The van der Waals surface area contributed by atoms with Gasteiger partial charge in [-0.05, 0) is 19.4 Å². The van der Waals surface area contributed by atoms with Crippen LogP contribution in [0.4, 0.5) is 0 Å². The lowest BCUT2D eigenvalue weighted by Crippen LogP contribution is -2.27. The van der Waals surface area contributed by atoms with Gasteiger partial charge in [-0.25, -0.2) is 18.1 Å². The minimum absolute atomic E-state index is 0.0734. The lowest BCUT2D eigenvalue weighted by molar-refractivity contribution is 0.576. The number of rotatable bonds is 5. The Morgan fingerprint density at radius 3 is 3.00 bits per heavy atom. The van der Waals surface area contributed by atoms with Crippen molar-refractivity contribution in [3.63, 3.8) is 0 Å². The van der Waals surface area contributed by atoms with Crippen LogP contribution in [-0.2, 0) is 17.1 Å². The van der Waals surface area contributed by atoms with Crippen molar-refractivity contribution in [3.05, 3.63) is 24.2 Å². The van der Waals surface area contributed by atoms with E-state index in [4.69, 9.17) is 0 Å². The summed E-state index contributed by atoms with van der Waals surface area (Å²) in [6.07, 6.45) is 6.84. The third kappa shape index (κ3) is 3.41. The minimum Gasteiger partial charge on any atom is -0.339 e. The van der Waals surface area contributed by atoms with Gasteiger partial charge in [0.05, 0.1) is 6.33 Å². The lowest BCUT2D eigenvalue weighted by Gasteiger charge is -2.13. The van der Waals surface area contributed by atoms with E-state index in [0.29, 0.717) is 6.54 Å². The van der Waals surface area contributed by atoms with Gasteiger partial charge >= 0.3 is 0 Å². The molecule has 1 aliphatic rings. The Labute approximate surface area is 107 Å². The summed E-state index contributed by atoms with van der Waals surface area (Å²) < 4.78 is 27.9. The van der Waals surface area contributed by atoms with Crippen LogP contribution in [0.5, 0.6) is 0 Å². The maximum Gasteiger partial charge on any atom is 0.259 e. The molecule has 2 heterocycles. The first-order valence-electron chi connectivity index (χ1n) is 5.94. The number of aromatic nitrogens is 2. The minimum atomic E-state index is -3.47. The van der Waals surface area contributed by atoms with E-state index in [9.17, 15) is 8.42 Å². The van der Waals surface area contributed by atoms with Crippen LogP contribution in [0.25, 0.3) is 0 Å². The highest BCUT2D eigenvalue weighted by Crippen LogP contribution is 2.09. The van der Waals surface area contributed by atoms with E-state index in [1.54, 1.807) is 11.6 Å². The first-order chi connectivity index (χ1) is 8.58. The summed E-state index contributed by atoms with van der Waals surface area (Å²) >= 11 is 0.